The molecule has 30 heavy (non-hydrogen) atoms. The quantitative estimate of drug-likeness (QED) is 0.640. The molecule has 2 amide bonds. The first-order chi connectivity index (χ1) is 14.1. The molecule has 0 aliphatic carbocycles. The van der Waals surface area contributed by atoms with Gasteiger partial charge >= 0.3 is 6.18 Å². The molecule has 2 N–H and O–H groups in total. The summed E-state index contributed by atoms with van der Waals surface area (Å²) in [4.78, 5) is 28.5. The van der Waals surface area contributed by atoms with E-state index >= 15 is 0 Å². The molecule has 0 aliphatic rings. The van der Waals surface area contributed by atoms with Crippen molar-refractivity contribution in [3.63, 3.8) is 0 Å². The second-order valence-electron chi connectivity index (χ2n) is 6.67. The number of carbonyl (C=O) groups excluding carboxylic acids is 2. The summed E-state index contributed by atoms with van der Waals surface area (Å²) in [6.07, 6.45) is 1.89. The monoisotopic (exact) mass is 420 g/mol. The highest BCUT2D eigenvalue weighted by atomic mass is 19.4. The molecule has 3 aromatic rings. The van der Waals surface area contributed by atoms with Crippen LogP contribution in [0.5, 0.6) is 0 Å². The van der Waals surface area contributed by atoms with Gasteiger partial charge in [0.2, 0.25) is 0 Å². The summed E-state index contributed by atoms with van der Waals surface area (Å²) < 4.78 is 42.9. The lowest BCUT2D eigenvalue weighted by Crippen LogP contribution is -2.26. The van der Waals surface area contributed by atoms with Crippen LogP contribution in [0.15, 0.2) is 43.1 Å². The van der Waals surface area contributed by atoms with Gasteiger partial charge in [0.1, 0.15) is 5.69 Å². The third-order valence-corrected chi connectivity index (χ3v) is 4.29. The molecular formula is C19H19F3N6O2. The van der Waals surface area contributed by atoms with E-state index in [-0.39, 0.29) is 23.5 Å². The first kappa shape index (κ1) is 21.1. The standard InChI is InChI=1S/C19H19F3N6O2/c1-27-11-23-9-16(27)18(30)26-15-6-13(5-14(7-15)19(20,21)22)17(29)24-4-3-12-8-25-28(2)10-12/h5-11H,3-4H2,1-2H3,(H,24,29)(H,26,30). The third kappa shape index (κ3) is 5.04. The summed E-state index contributed by atoms with van der Waals surface area (Å²) in [6, 6.07) is 2.72. The molecule has 2 aromatic heterocycles. The normalized spacial score (nSPS) is 11.4. The molecule has 0 radical (unpaired) electrons. The number of benzene rings is 1. The molecule has 0 bridgehead atoms. The van der Waals surface area contributed by atoms with Gasteiger partial charge in [-0.25, -0.2) is 4.98 Å². The predicted octanol–water partition coefficient (Wildman–Crippen LogP) is 2.40. The van der Waals surface area contributed by atoms with Crippen molar-refractivity contribution in [2.24, 2.45) is 14.1 Å². The van der Waals surface area contributed by atoms with Crippen molar-refractivity contribution in [3.8, 4) is 0 Å². The average molecular weight is 420 g/mol. The van der Waals surface area contributed by atoms with Gasteiger partial charge in [-0.15, -0.1) is 0 Å². The van der Waals surface area contributed by atoms with Crippen molar-refractivity contribution >= 4 is 17.5 Å². The summed E-state index contributed by atoms with van der Waals surface area (Å²) in [5.41, 5.74) is -0.353. The SMILES string of the molecule is Cn1cc(CCNC(=O)c2cc(NC(=O)c3cncn3C)cc(C(F)(F)F)c2)cn1. The van der Waals surface area contributed by atoms with E-state index in [2.05, 4.69) is 20.7 Å². The van der Waals surface area contributed by atoms with Crippen molar-refractivity contribution in [2.75, 3.05) is 11.9 Å². The minimum atomic E-state index is -4.68. The average Bonchev–Trinajstić information content (AvgIpc) is 3.28. The number of nitrogens with zero attached hydrogens (tertiary/aromatic N) is 4. The molecular weight excluding hydrogens is 401 g/mol. The second-order valence-corrected chi connectivity index (χ2v) is 6.67. The van der Waals surface area contributed by atoms with E-state index in [1.54, 1.807) is 31.2 Å². The Bertz CT molecular complexity index is 1070. The molecule has 0 fully saturated rings. The number of imidazole rings is 1. The van der Waals surface area contributed by atoms with E-state index in [9.17, 15) is 22.8 Å². The van der Waals surface area contributed by atoms with E-state index in [4.69, 9.17) is 0 Å². The highest BCUT2D eigenvalue weighted by molar-refractivity contribution is 6.04. The van der Waals surface area contributed by atoms with Crippen LogP contribution in [0, 0.1) is 0 Å². The lowest BCUT2D eigenvalue weighted by molar-refractivity contribution is -0.137. The molecule has 0 unspecified atom stereocenters. The summed E-state index contributed by atoms with van der Waals surface area (Å²) >= 11 is 0. The number of carbonyl (C=O) groups is 2. The Kier molecular flexibility index (Phi) is 5.90. The van der Waals surface area contributed by atoms with Crippen LogP contribution in [0.25, 0.3) is 0 Å². The molecule has 11 heteroatoms. The van der Waals surface area contributed by atoms with E-state index in [1.807, 2.05) is 0 Å². The van der Waals surface area contributed by atoms with Crippen molar-refractivity contribution < 1.29 is 22.8 Å². The van der Waals surface area contributed by atoms with Crippen molar-refractivity contribution in [1.29, 1.82) is 0 Å². The Hall–Kier alpha value is -3.63. The Labute approximate surface area is 169 Å². The van der Waals surface area contributed by atoms with Crippen molar-refractivity contribution in [1.82, 2.24) is 24.6 Å². The number of aryl methyl sites for hydroxylation is 2. The van der Waals surface area contributed by atoms with E-state index in [1.165, 1.54) is 23.2 Å². The van der Waals surface area contributed by atoms with Gasteiger partial charge in [0.15, 0.2) is 0 Å². The van der Waals surface area contributed by atoms with Crippen molar-refractivity contribution in [3.05, 3.63) is 65.5 Å². The number of nitrogens with one attached hydrogen (secondary N) is 2. The number of alkyl halides is 3. The van der Waals surface area contributed by atoms with Gasteiger partial charge in [0.25, 0.3) is 11.8 Å². The van der Waals surface area contributed by atoms with Crippen LogP contribution in [-0.4, -0.2) is 37.7 Å². The first-order valence-corrected chi connectivity index (χ1v) is 8.89. The minimum Gasteiger partial charge on any atom is -0.352 e. The maximum absolute atomic E-state index is 13.3. The number of rotatable bonds is 6. The van der Waals surface area contributed by atoms with E-state index in [0.717, 1.165) is 17.7 Å². The van der Waals surface area contributed by atoms with E-state index < -0.39 is 23.6 Å². The number of anilines is 1. The van der Waals surface area contributed by atoms with Gasteiger partial charge in [-0.3, -0.25) is 14.3 Å². The fourth-order valence-electron chi connectivity index (χ4n) is 2.79. The maximum atomic E-state index is 13.3. The summed E-state index contributed by atoms with van der Waals surface area (Å²) in [7, 11) is 3.33. The van der Waals surface area contributed by atoms with Crippen LogP contribution in [0.3, 0.4) is 0 Å². The van der Waals surface area contributed by atoms with Crippen LogP contribution >= 0.6 is 0 Å². The van der Waals surface area contributed by atoms with Gasteiger partial charge < -0.3 is 15.2 Å². The highest BCUT2D eigenvalue weighted by Crippen LogP contribution is 2.32. The Morgan fingerprint density at radius 2 is 1.87 bits per heavy atom. The zero-order valence-electron chi connectivity index (χ0n) is 16.2. The highest BCUT2D eigenvalue weighted by Gasteiger charge is 2.32. The predicted molar refractivity (Wildman–Crippen MR) is 102 cm³/mol. The van der Waals surface area contributed by atoms with E-state index in [0.29, 0.717) is 6.42 Å². The summed E-state index contributed by atoms with van der Waals surface area (Å²) in [5, 5.41) is 8.98. The van der Waals surface area contributed by atoms with Crippen LogP contribution in [0.4, 0.5) is 18.9 Å². The number of amides is 2. The largest absolute Gasteiger partial charge is 0.416 e. The Balaban J connectivity index is 1.77. The number of hydrogen-bond acceptors (Lipinski definition) is 4. The van der Waals surface area contributed by atoms with Crippen LogP contribution in [0.1, 0.15) is 32.0 Å². The molecule has 0 saturated carbocycles. The second kappa shape index (κ2) is 8.39. The summed E-state index contributed by atoms with van der Waals surface area (Å²) in [6.45, 7) is 0.220. The lowest BCUT2D eigenvalue weighted by Gasteiger charge is -2.13. The summed E-state index contributed by atoms with van der Waals surface area (Å²) in [5.74, 6) is -1.32. The van der Waals surface area contributed by atoms with Gasteiger partial charge in [-0.1, -0.05) is 0 Å². The molecule has 3 rings (SSSR count). The fraction of sp³-hybridized carbons (Fsp3) is 0.263. The topological polar surface area (TPSA) is 93.8 Å². The van der Waals surface area contributed by atoms with Crippen LogP contribution in [0.2, 0.25) is 0 Å². The zero-order chi connectivity index (χ0) is 21.9. The fourth-order valence-corrected chi connectivity index (χ4v) is 2.79. The number of aromatic nitrogens is 4. The van der Waals surface area contributed by atoms with Gasteiger partial charge in [-0.05, 0) is 30.2 Å². The van der Waals surface area contributed by atoms with Crippen LogP contribution < -0.4 is 10.6 Å². The number of halogens is 3. The first-order valence-electron chi connectivity index (χ1n) is 8.89. The maximum Gasteiger partial charge on any atom is 0.416 e. The minimum absolute atomic E-state index is 0.145. The van der Waals surface area contributed by atoms with Crippen molar-refractivity contribution in [2.45, 2.75) is 12.6 Å². The van der Waals surface area contributed by atoms with Gasteiger partial charge in [0, 0.05) is 38.1 Å². The molecule has 158 valence electrons. The smallest absolute Gasteiger partial charge is 0.352 e. The lowest BCUT2D eigenvalue weighted by atomic mass is 10.1. The zero-order valence-corrected chi connectivity index (χ0v) is 16.2. The third-order valence-electron chi connectivity index (χ3n) is 4.29. The molecule has 8 nitrogen and oxygen atoms in total. The molecule has 1 aromatic carbocycles. The Morgan fingerprint density at radius 3 is 2.47 bits per heavy atom. The molecule has 0 saturated heterocycles. The molecule has 0 atom stereocenters. The van der Waals surface area contributed by atoms with Gasteiger partial charge in [0.05, 0.1) is 24.3 Å². The molecule has 0 aliphatic heterocycles. The molecule has 2 heterocycles. The molecule has 0 spiro atoms. The van der Waals surface area contributed by atoms with Gasteiger partial charge in [-0.2, -0.15) is 18.3 Å². The van der Waals surface area contributed by atoms with Crippen LogP contribution in [-0.2, 0) is 26.7 Å². The Morgan fingerprint density at radius 1 is 1.10 bits per heavy atom. The number of hydrogen-bond donors (Lipinski definition) is 2.